The Kier molecular flexibility index (Phi) is 9.58. The number of Topliss-reactive ketones (excluding diaryl/α,β-unsaturated/α-hetero) is 1. The van der Waals surface area contributed by atoms with E-state index in [9.17, 15) is 4.79 Å². The highest BCUT2D eigenvalue weighted by atomic mass is 16.1. The van der Waals surface area contributed by atoms with Crippen molar-refractivity contribution >= 4 is 5.78 Å². The van der Waals surface area contributed by atoms with E-state index >= 15 is 0 Å². The van der Waals surface area contributed by atoms with E-state index in [0.29, 0.717) is 0 Å². The van der Waals surface area contributed by atoms with Gasteiger partial charge in [0.05, 0.1) is 0 Å². The molecule has 0 unspecified atom stereocenters. The molecule has 0 saturated heterocycles. The van der Waals surface area contributed by atoms with Crippen LogP contribution in [-0.2, 0) is 11.2 Å². The Labute approximate surface area is 149 Å². The largest absolute Gasteiger partial charge is 0.289 e. The summed E-state index contributed by atoms with van der Waals surface area (Å²) in [5.41, 5.74) is 9.59. The van der Waals surface area contributed by atoms with Gasteiger partial charge in [-0.3, -0.25) is 4.79 Å². The molecule has 0 bridgehead atoms. The van der Waals surface area contributed by atoms with Crippen molar-refractivity contribution in [3.8, 4) is 0 Å². The van der Waals surface area contributed by atoms with Gasteiger partial charge in [-0.15, -0.1) is 0 Å². The van der Waals surface area contributed by atoms with Gasteiger partial charge < -0.3 is 0 Å². The second-order valence-electron chi connectivity index (χ2n) is 6.37. The quantitative estimate of drug-likeness (QED) is 0.581. The number of ketones is 1. The summed E-state index contributed by atoms with van der Waals surface area (Å²) in [5.74, 6) is 0.218. The number of rotatable bonds is 2. The first kappa shape index (κ1) is 22.4. The Bertz CT molecular complexity index is 642. The van der Waals surface area contributed by atoms with Crippen LogP contribution in [0.5, 0.6) is 0 Å². The lowest BCUT2D eigenvalue weighted by atomic mass is 9.90. The highest BCUT2D eigenvalue weighted by Crippen LogP contribution is 2.33. The van der Waals surface area contributed by atoms with Gasteiger partial charge in [0, 0.05) is 5.57 Å². The fourth-order valence-corrected chi connectivity index (χ4v) is 2.82. The molecule has 0 spiro atoms. The van der Waals surface area contributed by atoms with Gasteiger partial charge in [0.1, 0.15) is 0 Å². The molecular weight excluding hydrogens is 292 g/mol. The molecule has 2 rings (SSSR count). The fraction of sp³-hybridized carbons (Fsp3) is 0.522. The van der Waals surface area contributed by atoms with Crippen LogP contribution in [0, 0.1) is 20.8 Å². The van der Waals surface area contributed by atoms with E-state index < -0.39 is 0 Å². The Hall–Kier alpha value is -1.63. The van der Waals surface area contributed by atoms with Crippen molar-refractivity contribution < 1.29 is 4.79 Å². The summed E-state index contributed by atoms with van der Waals surface area (Å²) < 4.78 is 0. The van der Waals surface area contributed by atoms with E-state index in [1.165, 1.54) is 39.8 Å². The second-order valence-corrected chi connectivity index (χ2v) is 6.37. The number of aryl methyl sites for hydroxylation is 2. The lowest BCUT2D eigenvalue weighted by molar-refractivity contribution is -0.112. The van der Waals surface area contributed by atoms with Crippen LogP contribution in [0.25, 0.3) is 0 Å². The van der Waals surface area contributed by atoms with E-state index in [-0.39, 0.29) is 5.78 Å². The molecule has 1 aliphatic carbocycles. The lowest BCUT2D eigenvalue weighted by Gasteiger charge is -2.14. The first-order valence-corrected chi connectivity index (χ1v) is 9.24. The minimum atomic E-state index is 0.218. The van der Waals surface area contributed by atoms with Crippen LogP contribution >= 0.6 is 0 Å². The molecule has 1 aromatic carbocycles. The van der Waals surface area contributed by atoms with Gasteiger partial charge in [-0.25, -0.2) is 0 Å². The third-order valence-electron chi connectivity index (χ3n) is 4.61. The number of benzene rings is 1. The van der Waals surface area contributed by atoms with Gasteiger partial charge in [-0.2, -0.15) is 0 Å². The summed E-state index contributed by atoms with van der Waals surface area (Å²) in [6, 6.07) is 4.35. The predicted octanol–water partition coefficient (Wildman–Crippen LogP) is 6.83. The maximum absolute atomic E-state index is 12.0. The van der Waals surface area contributed by atoms with Crippen molar-refractivity contribution in [1.82, 2.24) is 0 Å². The third kappa shape index (κ3) is 4.93. The van der Waals surface area contributed by atoms with Crippen molar-refractivity contribution in [1.29, 1.82) is 0 Å². The number of carbonyl (C=O) groups is 1. The number of carbonyl (C=O) groups excluding carboxylic acids is 1. The Morgan fingerprint density at radius 1 is 0.750 bits per heavy atom. The van der Waals surface area contributed by atoms with Crippen molar-refractivity contribution in [2.45, 2.75) is 82.1 Å². The molecule has 0 aromatic heterocycles. The molecule has 24 heavy (non-hydrogen) atoms. The highest BCUT2D eigenvalue weighted by Gasteiger charge is 2.24. The van der Waals surface area contributed by atoms with Gasteiger partial charge in [0.25, 0.3) is 0 Å². The van der Waals surface area contributed by atoms with Gasteiger partial charge in [-0.05, 0) is 86.9 Å². The van der Waals surface area contributed by atoms with Gasteiger partial charge in [0.15, 0.2) is 5.78 Å². The van der Waals surface area contributed by atoms with Crippen molar-refractivity contribution in [2.24, 2.45) is 0 Å². The molecule has 1 nitrogen and oxygen atoms in total. The van der Waals surface area contributed by atoms with E-state index in [2.05, 4.69) is 53.7 Å². The molecule has 1 heteroatoms. The number of hydrogen-bond donors (Lipinski definition) is 0. The number of allylic oxidation sites excluding steroid dienone is 4. The molecule has 0 radical (unpaired) electrons. The fourth-order valence-electron chi connectivity index (χ4n) is 2.82. The maximum atomic E-state index is 12.0. The molecule has 1 aromatic rings. The van der Waals surface area contributed by atoms with Crippen LogP contribution < -0.4 is 0 Å². The SMILES string of the molecule is CC.CC1=C(C)C(Cc2c(C)ccc(C)c2C)=C(C)C1=O.CCC. The molecule has 0 atom stereocenters. The van der Waals surface area contributed by atoms with Crippen molar-refractivity contribution in [3.05, 3.63) is 56.7 Å². The molecule has 0 saturated carbocycles. The van der Waals surface area contributed by atoms with E-state index in [0.717, 1.165) is 17.6 Å². The van der Waals surface area contributed by atoms with Crippen LogP contribution in [0.1, 0.15) is 77.1 Å². The van der Waals surface area contributed by atoms with Crippen LogP contribution in [0.15, 0.2) is 34.4 Å². The normalized spacial score (nSPS) is 13.5. The summed E-state index contributed by atoms with van der Waals surface area (Å²) >= 11 is 0. The summed E-state index contributed by atoms with van der Waals surface area (Å²) in [4.78, 5) is 12.0. The van der Waals surface area contributed by atoms with Gasteiger partial charge in [0.2, 0.25) is 0 Å². The molecule has 0 N–H and O–H groups in total. The molecule has 0 fully saturated rings. The summed E-state index contributed by atoms with van der Waals surface area (Å²) in [7, 11) is 0. The average molecular weight is 329 g/mol. The molecular formula is C23H36O. The third-order valence-corrected chi connectivity index (χ3v) is 4.61. The zero-order valence-electron chi connectivity index (χ0n) is 17.5. The van der Waals surface area contributed by atoms with Gasteiger partial charge in [-0.1, -0.05) is 46.2 Å². The first-order chi connectivity index (χ1) is 11.3. The predicted molar refractivity (Wildman–Crippen MR) is 108 cm³/mol. The number of hydrogen-bond acceptors (Lipinski definition) is 1. The molecule has 134 valence electrons. The Balaban J connectivity index is 0.000000952. The second kappa shape index (κ2) is 10.3. The molecule has 0 heterocycles. The summed E-state index contributed by atoms with van der Waals surface area (Å²) in [5, 5.41) is 0. The Morgan fingerprint density at radius 2 is 1.21 bits per heavy atom. The molecule has 1 aliphatic rings. The average Bonchev–Trinajstić information content (AvgIpc) is 2.75. The topological polar surface area (TPSA) is 17.1 Å². The monoisotopic (exact) mass is 328 g/mol. The summed E-state index contributed by atoms with van der Waals surface area (Å²) in [6.07, 6.45) is 2.13. The lowest BCUT2D eigenvalue weighted by Crippen LogP contribution is -2.01. The first-order valence-electron chi connectivity index (χ1n) is 9.24. The minimum Gasteiger partial charge on any atom is -0.289 e. The minimum absolute atomic E-state index is 0.218. The van der Waals surface area contributed by atoms with E-state index in [4.69, 9.17) is 0 Å². The van der Waals surface area contributed by atoms with E-state index in [1.807, 2.05) is 27.7 Å². The molecule has 0 aliphatic heterocycles. The Morgan fingerprint density at radius 3 is 1.62 bits per heavy atom. The van der Waals surface area contributed by atoms with Crippen LogP contribution in [-0.4, -0.2) is 5.78 Å². The zero-order chi connectivity index (χ0) is 19.0. The smallest absolute Gasteiger partial charge is 0.184 e. The van der Waals surface area contributed by atoms with Crippen molar-refractivity contribution in [2.75, 3.05) is 0 Å². The highest BCUT2D eigenvalue weighted by molar-refractivity contribution is 6.12. The summed E-state index contributed by atoms with van der Waals surface area (Å²) in [6.45, 7) is 20.7. The zero-order valence-corrected chi connectivity index (χ0v) is 17.5. The standard InChI is InChI=1S/C18H22O.C3H8.C2H6/c1-10-7-8-11(2)16(12(10)3)9-17-13(4)14(5)18(19)15(17)6;1-3-2;1-2/h7-8H,9H2,1-6H3;3H2,1-2H3;1-2H3. The van der Waals surface area contributed by atoms with Crippen LogP contribution in [0.4, 0.5) is 0 Å². The van der Waals surface area contributed by atoms with Crippen molar-refractivity contribution in [3.63, 3.8) is 0 Å². The van der Waals surface area contributed by atoms with E-state index in [1.54, 1.807) is 0 Å². The molecule has 0 amide bonds. The van der Waals surface area contributed by atoms with Crippen LogP contribution in [0.2, 0.25) is 0 Å². The van der Waals surface area contributed by atoms with Gasteiger partial charge >= 0.3 is 0 Å². The van der Waals surface area contributed by atoms with Crippen LogP contribution in [0.3, 0.4) is 0 Å². The maximum Gasteiger partial charge on any atom is 0.184 e.